The van der Waals surface area contributed by atoms with Crippen LogP contribution in [0.1, 0.15) is 18.0 Å². The fourth-order valence-electron chi connectivity index (χ4n) is 4.40. The van der Waals surface area contributed by atoms with Crippen molar-refractivity contribution < 1.29 is 13.9 Å². The molecule has 1 N–H and O–H groups in total. The Morgan fingerprint density at radius 1 is 1.16 bits per heavy atom. The number of amides is 1. The van der Waals surface area contributed by atoms with Crippen LogP contribution >= 0.6 is 34.8 Å². The van der Waals surface area contributed by atoms with Crippen LogP contribution in [-0.4, -0.2) is 45.0 Å². The number of hydrogen-bond acceptors (Lipinski definition) is 4. The molecule has 2 aliphatic rings. The summed E-state index contributed by atoms with van der Waals surface area (Å²) in [6.07, 6.45) is 0.0721. The van der Waals surface area contributed by atoms with Crippen LogP contribution in [0.25, 0.3) is 0 Å². The van der Waals surface area contributed by atoms with Gasteiger partial charge in [-0.1, -0.05) is 40.9 Å². The smallest absolute Gasteiger partial charge is 0.259 e. The van der Waals surface area contributed by atoms with Gasteiger partial charge in [-0.3, -0.25) is 14.5 Å². The highest BCUT2D eigenvalue weighted by Gasteiger charge is 2.44. The number of ether oxygens (including phenoxy) is 1. The van der Waals surface area contributed by atoms with E-state index in [1.807, 2.05) is 15.5 Å². The first-order chi connectivity index (χ1) is 14.7. The number of nitrogens with zero attached hydrogens (tertiary/aromatic N) is 2. The van der Waals surface area contributed by atoms with Crippen LogP contribution in [0.3, 0.4) is 0 Å². The van der Waals surface area contributed by atoms with Gasteiger partial charge in [-0.25, -0.2) is 4.39 Å². The summed E-state index contributed by atoms with van der Waals surface area (Å²) in [5, 5.41) is 2.76. The van der Waals surface area contributed by atoms with Crippen LogP contribution in [0.5, 0.6) is 5.75 Å². The van der Waals surface area contributed by atoms with Gasteiger partial charge in [-0.05, 0) is 42.7 Å². The number of carbonyl (C=O) groups is 1. The molecule has 1 fully saturated rings. The molecule has 3 heterocycles. The lowest BCUT2D eigenvalue weighted by Crippen LogP contribution is -2.60. The first kappa shape index (κ1) is 22.4. The van der Waals surface area contributed by atoms with Crippen molar-refractivity contribution in [3.05, 3.63) is 64.3 Å². The van der Waals surface area contributed by atoms with Gasteiger partial charge in [0.15, 0.2) is 6.61 Å². The van der Waals surface area contributed by atoms with Crippen molar-refractivity contribution in [1.82, 2.24) is 14.8 Å². The number of pyridine rings is 1. The molecular weight excluding hydrogens is 468 g/mol. The van der Waals surface area contributed by atoms with Crippen molar-refractivity contribution in [1.29, 1.82) is 0 Å². The van der Waals surface area contributed by atoms with Gasteiger partial charge in [0.2, 0.25) is 3.79 Å². The van der Waals surface area contributed by atoms with E-state index in [1.54, 1.807) is 12.1 Å². The number of carbonyl (C=O) groups excluding carboxylic acids is 1. The standard InChI is InChI=1S/C21H21Cl3FN3O3/c22-21(23,24)20(26-18(29)12-31-16-6-4-15(25)5-7-16)27-9-13-8-14(11-27)17-2-1-3-19(30)28(17)10-13/h1-7,13-14,20H,8-12H2,(H,26,29)/t13-,14-,20-/m1/s1. The second-order valence-electron chi connectivity index (χ2n) is 7.91. The van der Waals surface area contributed by atoms with E-state index >= 15 is 0 Å². The predicted octanol–water partition coefficient (Wildman–Crippen LogP) is 3.30. The summed E-state index contributed by atoms with van der Waals surface area (Å²) in [5.41, 5.74) is 0.951. The Labute approximate surface area is 193 Å². The number of hydrogen-bond donors (Lipinski definition) is 1. The number of aromatic nitrogens is 1. The minimum atomic E-state index is -1.77. The molecule has 1 aromatic carbocycles. The first-order valence-corrected chi connectivity index (χ1v) is 11.0. The number of likely N-dealkylation sites (tertiary alicyclic amines) is 1. The van der Waals surface area contributed by atoms with Gasteiger partial charge >= 0.3 is 0 Å². The van der Waals surface area contributed by atoms with E-state index in [0.29, 0.717) is 25.4 Å². The molecule has 6 nitrogen and oxygen atoms in total. The summed E-state index contributed by atoms with van der Waals surface area (Å²) in [5.74, 6) is -0.200. The molecule has 0 spiro atoms. The molecule has 1 amide bonds. The molecule has 166 valence electrons. The average molecular weight is 489 g/mol. The average Bonchev–Trinajstić information content (AvgIpc) is 2.71. The topological polar surface area (TPSA) is 63.6 Å². The molecule has 1 saturated heterocycles. The summed E-state index contributed by atoms with van der Waals surface area (Å²) in [6.45, 7) is 1.41. The largest absolute Gasteiger partial charge is 0.484 e. The highest BCUT2D eigenvalue weighted by Crippen LogP contribution is 2.39. The number of rotatable bonds is 5. The van der Waals surface area contributed by atoms with Gasteiger partial charge in [-0.2, -0.15) is 0 Å². The number of fused-ring (bicyclic) bond motifs is 4. The highest BCUT2D eigenvalue weighted by atomic mass is 35.6. The van der Waals surface area contributed by atoms with Crippen molar-refractivity contribution in [2.24, 2.45) is 5.92 Å². The molecule has 2 bridgehead atoms. The first-order valence-electron chi connectivity index (χ1n) is 9.89. The zero-order valence-electron chi connectivity index (χ0n) is 16.4. The van der Waals surface area contributed by atoms with Crippen molar-refractivity contribution in [3.8, 4) is 5.75 Å². The van der Waals surface area contributed by atoms with E-state index in [2.05, 4.69) is 5.32 Å². The molecular formula is C21H21Cl3FN3O3. The maximum Gasteiger partial charge on any atom is 0.259 e. The zero-order valence-corrected chi connectivity index (χ0v) is 18.7. The monoisotopic (exact) mass is 487 g/mol. The third-order valence-electron chi connectivity index (χ3n) is 5.66. The summed E-state index contributed by atoms with van der Waals surface area (Å²) in [4.78, 5) is 26.7. The Bertz CT molecular complexity index is 1010. The van der Waals surface area contributed by atoms with Crippen LogP contribution in [-0.2, 0) is 11.3 Å². The van der Waals surface area contributed by atoms with Crippen LogP contribution in [0.4, 0.5) is 4.39 Å². The van der Waals surface area contributed by atoms with E-state index in [-0.39, 0.29) is 24.0 Å². The molecule has 0 saturated carbocycles. The summed E-state index contributed by atoms with van der Waals surface area (Å²) >= 11 is 18.7. The molecule has 31 heavy (non-hydrogen) atoms. The summed E-state index contributed by atoms with van der Waals surface area (Å²) in [6, 6.07) is 10.6. The Hall–Kier alpha value is -1.80. The van der Waals surface area contributed by atoms with Crippen LogP contribution in [0.2, 0.25) is 0 Å². The van der Waals surface area contributed by atoms with E-state index in [0.717, 1.165) is 12.1 Å². The lowest BCUT2D eigenvalue weighted by Gasteiger charge is -2.47. The third kappa shape index (κ3) is 5.17. The molecule has 0 unspecified atom stereocenters. The lowest BCUT2D eigenvalue weighted by molar-refractivity contribution is -0.125. The van der Waals surface area contributed by atoms with Crippen molar-refractivity contribution in [2.45, 2.75) is 28.8 Å². The predicted molar refractivity (Wildman–Crippen MR) is 117 cm³/mol. The molecule has 0 radical (unpaired) electrons. The number of nitrogens with one attached hydrogen (secondary N) is 1. The van der Waals surface area contributed by atoms with Gasteiger partial charge in [0, 0.05) is 37.3 Å². The van der Waals surface area contributed by atoms with Crippen molar-refractivity contribution in [3.63, 3.8) is 0 Å². The Balaban J connectivity index is 1.45. The van der Waals surface area contributed by atoms with Crippen LogP contribution < -0.4 is 15.6 Å². The summed E-state index contributed by atoms with van der Waals surface area (Å²) in [7, 11) is 0. The molecule has 1 aromatic heterocycles. The second-order valence-corrected chi connectivity index (χ2v) is 10.3. The van der Waals surface area contributed by atoms with Crippen molar-refractivity contribution in [2.75, 3.05) is 19.7 Å². The van der Waals surface area contributed by atoms with E-state index < -0.39 is 21.7 Å². The number of benzene rings is 1. The van der Waals surface area contributed by atoms with Crippen LogP contribution in [0.15, 0.2) is 47.3 Å². The molecule has 10 heteroatoms. The minimum Gasteiger partial charge on any atom is -0.484 e. The number of alkyl halides is 3. The molecule has 2 aliphatic heterocycles. The third-order valence-corrected chi connectivity index (χ3v) is 6.28. The maximum atomic E-state index is 13.0. The molecule has 0 aliphatic carbocycles. The quantitative estimate of drug-likeness (QED) is 0.656. The van der Waals surface area contributed by atoms with E-state index in [1.165, 1.54) is 24.3 Å². The minimum absolute atomic E-state index is 0.00942. The highest BCUT2D eigenvalue weighted by molar-refractivity contribution is 6.68. The van der Waals surface area contributed by atoms with E-state index in [9.17, 15) is 14.0 Å². The fraction of sp³-hybridized carbons (Fsp3) is 0.429. The van der Waals surface area contributed by atoms with Gasteiger partial charge in [0.05, 0.1) is 0 Å². The second kappa shape index (κ2) is 8.98. The van der Waals surface area contributed by atoms with Crippen LogP contribution in [0, 0.1) is 11.7 Å². The number of halogens is 4. The summed E-state index contributed by atoms with van der Waals surface area (Å²) < 4.78 is 18.4. The maximum absolute atomic E-state index is 13.0. The fourth-order valence-corrected chi connectivity index (χ4v) is 4.98. The molecule has 3 atom stereocenters. The van der Waals surface area contributed by atoms with Crippen molar-refractivity contribution >= 4 is 40.7 Å². The molecule has 4 rings (SSSR count). The Morgan fingerprint density at radius 2 is 1.90 bits per heavy atom. The van der Waals surface area contributed by atoms with Gasteiger partial charge in [0.1, 0.15) is 17.7 Å². The zero-order chi connectivity index (χ0) is 22.2. The SMILES string of the molecule is O=C(COc1ccc(F)cc1)N[C@H](N1C[C@H]2C[C@H](C1)c1cccc(=O)n1C2)C(Cl)(Cl)Cl. The van der Waals surface area contributed by atoms with Gasteiger partial charge in [0.25, 0.3) is 11.5 Å². The lowest BCUT2D eigenvalue weighted by atomic mass is 9.83. The van der Waals surface area contributed by atoms with E-state index in [4.69, 9.17) is 39.5 Å². The van der Waals surface area contributed by atoms with Gasteiger partial charge < -0.3 is 14.6 Å². The normalized spacial score (nSPS) is 21.8. The number of piperidine rings is 1. The Morgan fingerprint density at radius 3 is 2.61 bits per heavy atom. The van der Waals surface area contributed by atoms with Gasteiger partial charge in [-0.15, -0.1) is 0 Å². The molecule has 2 aromatic rings. The Kier molecular flexibility index (Phi) is 6.49.